The number of H-pyrrole nitrogens is 1. The van der Waals surface area contributed by atoms with Gasteiger partial charge in [0.1, 0.15) is 12.2 Å². The maximum absolute atomic E-state index is 12.6. The van der Waals surface area contributed by atoms with Gasteiger partial charge in [0, 0.05) is 5.69 Å². The summed E-state index contributed by atoms with van der Waals surface area (Å²) in [5.41, 5.74) is 4.31. The quantitative estimate of drug-likeness (QED) is 0.741. The van der Waals surface area contributed by atoms with Crippen LogP contribution >= 0.6 is 0 Å². The van der Waals surface area contributed by atoms with E-state index >= 15 is 0 Å². The van der Waals surface area contributed by atoms with Gasteiger partial charge in [-0.2, -0.15) is 18.3 Å². The first-order chi connectivity index (χ1) is 9.38. The predicted molar refractivity (Wildman–Crippen MR) is 63.4 cm³/mol. The van der Waals surface area contributed by atoms with Crippen LogP contribution in [0.4, 0.5) is 18.9 Å². The zero-order chi connectivity index (χ0) is 14.8. The molecule has 106 valence electrons. The molecular formula is C11H10F3N5O. The third kappa shape index (κ3) is 3.05. The molecule has 0 saturated carbocycles. The summed E-state index contributed by atoms with van der Waals surface area (Å²) in [7, 11) is 0. The number of aromatic amines is 1. The number of nitrogen functional groups attached to an aromatic ring is 1. The van der Waals surface area contributed by atoms with E-state index in [2.05, 4.69) is 20.5 Å². The summed E-state index contributed by atoms with van der Waals surface area (Å²) < 4.78 is 37.7. The van der Waals surface area contributed by atoms with Crippen molar-refractivity contribution >= 4 is 11.6 Å². The minimum absolute atomic E-state index is 0.00845. The number of halogens is 3. The number of amides is 1. The molecule has 0 atom stereocenters. The standard InChI is InChI=1S/C11H10F3N5O/c12-11(13,14)6-1-2-8(15)7(3-6)10(20)16-4-9-17-5-18-19-9/h1-3,5H,4,15H2,(H,16,20)(H,17,18,19). The van der Waals surface area contributed by atoms with E-state index in [1.165, 1.54) is 6.33 Å². The molecule has 1 amide bonds. The van der Waals surface area contributed by atoms with E-state index in [1.54, 1.807) is 0 Å². The first-order valence-electron chi connectivity index (χ1n) is 5.47. The molecule has 0 aliphatic heterocycles. The minimum Gasteiger partial charge on any atom is -0.398 e. The van der Waals surface area contributed by atoms with Gasteiger partial charge in [0.15, 0.2) is 0 Å². The molecule has 4 N–H and O–H groups in total. The van der Waals surface area contributed by atoms with Crippen LogP contribution in [0.5, 0.6) is 0 Å². The predicted octanol–water partition coefficient (Wildman–Crippen LogP) is 1.34. The van der Waals surface area contributed by atoms with Gasteiger partial charge in [-0.25, -0.2) is 4.98 Å². The summed E-state index contributed by atoms with van der Waals surface area (Å²) in [4.78, 5) is 15.6. The fraction of sp³-hybridized carbons (Fsp3) is 0.182. The summed E-state index contributed by atoms with van der Waals surface area (Å²) >= 11 is 0. The molecule has 0 fully saturated rings. The number of rotatable bonds is 3. The van der Waals surface area contributed by atoms with E-state index in [9.17, 15) is 18.0 Å². The van der Waals surface area contributed by atoms with Gasteiger partial charge in [-0.3, -0.25) is 9.89 Å². The Hall–Kier alpha value is -2.58. The topological polar surface area (TPSA) is 96.7 Å². The lowest BCUT2D eigenvalue weighted by Gasteiger charge is -2.11. The van der Waals surface area contributed by atoms with Crippen LogP contribution in [0.25, 0.3) is 0 Å². The Morgan fingerprint density at radius 3 is 2.75 bits per heavy atom. The Balaban J connectivity index is 2.16. The van der Waals surface area contributed by atoms with Crippen LogP contribution in [0, 0.1) is 0 Å². The number of nitrogens with zero attached hydrogens (tertiary/aromatic N) is 2. The van der Waals surface area contributed by atoms with E-state index in [0.29, 0.717) is 11.9 Å². The Morgan fingerprint density at radius 2 is 2.15 bits per heavy atom. The Bertz CT molecular complexity index is 609. The molecule has 20 heavy (non-hydrogen) atoms. The molecule has 0 aliphatic carbocycles. The number of anilines is 1. The van der Waals surface area contributed by atoms with Crippen molar-refractivity contribution in [3.05, 3.63) is 41.5 Å². The number of hydrogen-bond donors (Lipinski definition) is 3. The monoisotopic (exact) mass is 285 g/mol. The Kier molecular flexibility index (Phi) is 3.59. The van der Waals surface area contributed by atoms with Crippen LogP contribution in [0.1, 0.15) is 21.7 Å². The van der Waals surface area contributed by atoms with Crippen molar-refractivity contribution < 1.29 is 18.0 Å². The SMILES string of the molecule is Nc1ccc(C(F)(F)F)cc1C(=O)NCc1ncn[nH]1. The van der Waals surface area contributed by atoms with Crippen molar-refractivity contribution in [1.82, 2.24) is 20.5 Å². The highest BCUT2D eigenvalue weighted by atomic mass is 19.4. The highest BCUT2D eigenvalue weighted by Gasteiger charge is 2.31. The first-order valence-corrected chi connectivity index (χ1v) is 5.47. The van der Waals surface area contributed by atoms with Crippen molar-refractivity contribution in [2.45, 2.75) is 12.7 Å². The summed E-state index contributed by atoms with van der Waals surface area (Å²) in [6, 6.07) is 2.58. The first kappa shape index (κ1) is 13.8. The molecule has 0 bridgehead atoms. The van der Waals surface area contributed by atoms with Crippen molar-refractivity contribution in [3.8, 4) is 0 Å². The summed E-state index contributed by atoms with van der Waals surface area (Å²) in [5.74, 6) is -0.339. The highest BCUT2D eigenvalue weighted by Crippen LogP contribution is 2.31. The average Bonchev–Trinajstić information content (AvgIpc) is 2.88. The van der Waals surface area contributed by atoms with E-state index in [0.717, 1.165) is 12.1 Å². The molecule has 1 aromatic carbocycles. The van der Waals surface area contributed by atoms with Gasteiger partial charge in [0.25, 0.3) is 5.91 Å². The van der Waals surface area contributed by atoms with Gasteiger partial charge in [-0.05, 0) is 18.2 Å². The molecule has 0 aliphatic rings. The largest absolute Gasteiger partial charge is 0.416 e. The summed E-state index contributed by atoms with van der Waals surface area (Å²) in [6.07, 6.45) is -3.28. The number of hydrogen-bond acceptors (Lipinski definition) is 4. The van der Waals surface area contributed by atoms with Crippen molar-refractivity contribution in [2.24, 2.45) is 0 Å². The number of benzene rings is 1. The van der Waals surface area contributed by atoms with Gasteiger partial charge in [-0.1, -0.05) is 0 Å². The Morgan fingerprint density at radius 1 is 1.40 bits per heavy atom. The van der Waals surface area contributed by atoms with Gasteiger partial charge >= 0.3 is 6.18 Å². The normalized spacial score (nSPS) is 11.3. The third-order valence-electron chi connectivity index (χ3n) is 2.51. The lowest BCUT2D eigenvalue weighted by molar-refractivity contribution is -0.137. The molecule has 2 aromatic rings. The highest BCUT2D eigenvalue weighted by molar-refractivity contribution is 5.99. The molecule has 1 aromatic heterocycles. The number of nitrogens with two attached hydrogens (primary N) is 1. The average molecular weight is 285 g/mol. The van der Waals surface area contributed by atoms with Crippen LogP contribution in [-0.2, 0) is 12.7 Å². The van der Waals surface area contributed by atoms with E-state index < -0.39 is 17.6 Å². The number of alkyl halides is 3. The molecule has 0 saturated heterocycles. The second kappa shape index (κ2) is 5.19. The van der Waals surface area contributed by atoms with E-state index in [-0.39, 0.29) is 17.8 Å². The second-order valence-electron chi connectivity index (χ2n) is 3.91. The maximum atomic E-state index is 12.6. The fourth-order valence-corrected chi connectivity index (χ4v) is 1.50. The lowest BCUT2D eigenvalue weighted by Crippen LogP contribution is -2.25. The molecule has 6 nitrogen and oxygen atoms in total. The lowest BCUT2D eigenvalue weighted by atomic mass is 10.1. The maximum Gasteiger partial charge on any atom is 0.416 e. The molecule has 2 rings (SSSR count). The Labute approximate surface area is 111 Å². The smallest absolute Gasteiger partial charge is 0.398 e. The minimum atomic E-state index is -4.53. The van der Waals surface area contributed by atoms with Crippen LogP contribution in [-0.4, -0.2) is 21.1 Å². The summed E-state index contributed by atoms with van der Waals surface area (Å²) in [6.45, 7) is 0.00845. The molecule has 1 heterocycles. The van der Waals surface area contributed by atoms with Gasteiger partial charge in [-0.15, -0.1) is 0 Å². The molecule has 0 radical (unpaired) electrons. The number of carbonyl (C=O) groups excluding carboxylic acids is 1. The number of carbonyl (C=O) groups is 1. The van der Waals surface area contributed by atoms with Gasteiger partial charge in [0.05, 0.1) is 17.7 Å². The van der Waals surface area contributed by atoms with Crippen LogP contribution < -0.4 is 11.1 Å². The molecule has 0 unspecified atom stereocenters. The molecule has 9 heteroatoms. The van der Waals surface area contributed by atoms with Gasteiger partial charge < -0.3 is 11.1 Å². The van der Waals surface area contributed by atoms with Crippen LogP contribution in [0.15, 0.2) is 24.5 Å². The second-order valence-corrected chi connectivity index (χ2v) is 3.91. The summed E-state index contributed by atoms with van der Waals surface area (Å²) in [5, 5.41) is 8.48. The van der Waals surface area contributed by atoms with Crippen molar-refractivity contribution in [3.63, 3.8) is 0 Å². The van der Waals surface area contributed by atoms with Crippen molar-refractivity contribution in [2.75, 3.05) is 5.73 Å². The third-order valence-corrected chi connectivity index (χ3v) is 2.51. The number of nitrogens with one attached hydrogen (secondary N) is 2. The number of aromatic nitrogens is 3. The van der Waals surface area contributed by atoms with E-state index in [4.69, 9.17) is 5.73 Å². The van der Waals surface area contributed by atoms with E-state index in [1.807, 2.05) is 0 Å². The molecule has 0 spiro atoms. The zero-order valence-corrected chi connectivity index (χ0v) is 10.0. The zero-order valence-electron chi connectivity index (χ0n) is 10.0. The van der Waals surface area contributed by atoms with Gasteiger partial charge in [0.2, 0.25) is 0 Å². The van der Waals surface area contributed by atoms with Crippen LogP contribution in [0.2, 0.25) is 0 Å². The fourth-order valence-electron chi connectivity index (χ4n) is 1.50. The van der Waals surface area contributed by atoms with Crippen LogP contribution in [0.3, 0.4) is 0 Å². The molecular weight excluding hydrogens is 275 g/mol. The van der Waals surface area contributed by atoms with Crippen molar-refractivity contribution in [1.29, 1.82) is 0 Å².